The molecule has 28 heavy (non-hydrogen) atoms. The fraction of sp³-hybridized carbons (Fsp3) is 0.400. The molecule has 2 N–H and O–H groups in total. The number of hydrogen-bond acceptors (Lipinski definition) is 8. The molecule has 152 valence electrons. The Kier molecular flexibility index (Phi) is 7.48. The van der Waals surface area contributed by atoms with E-state index in [1.54, 1.807) is 19.2 Å². The minimum atomic E-state index is -3.80. The van der Waals surface area contributed by atoms with Crippen LogP contribution in [0, 0.1) is 6.92 Å². The van der Waals surface area contributed by atoms with Gasteiger partial charge in [-0.15, -0.1) is 5.10 Å². The maximum Gasteiger partial charge on any atom is 0.253 e. The largest absolute Gasteiger partial charge is 0.273 e. The van der Waals surface area contributed by atoms with E-state index in [0.29, 0.717) is 10.9 Å². The lowest BCUT2D eigenvalue weighted by Crippen LogP contribution is -2.46. The quantitative estimate of drug-likeness (QED) is 0.423. The fourth-order valence-electron chi connectivity index (χ4n) is 2.00. The third-order valence-corrected chi connectivity index (χ3v) is 6.41. The van der Waals surface area contributed by atoms with Crippen molar-refractivity contribution in [2.45, 2.75) is 23.4 Å². The normalized spacial score (nSPS) is 11.4. The Morgan fingerprint density at radius 3 is 2.43 bits per heavy atom. The van der Waals surface area contributed by atoms with Crippen molar-refractivity contribution in [1.29, 1.82) is 0 Å². The van der Waals surface area contributed by atoms with Crippen LogP contribution in [-0.2, 0) is 26.7 Å². The minimum absolute atomic E-state index is 0.0905. The Balaban J connectivity index is 1.75. The summed E-state index contributed by atoms with van der Waals surface area (Å²) in [6.45, 7) is 1.41. The highest BCUT2D eigenvalue weighted by Gasteiger charge is 2.23. The third kappa shape index (κ3) is 6.00. The molecule has 0 atom stereocenters. The van der Waals surface area contributed by atoms with Crippen LogP contribution in [0.4, 0.5) is 0 Å². The first kappa shape index (κ1) is 21.8. The van der Waals surface area contributed by atoms with Gasteiger partial charge in [0.25, 0.3) is 5.91 Å². The summed E-state index contributed by atoms with van der Waals surface area (Å²) >= 11 is 1.29. The average molecular weight is 428 g/mol. The zero-order valence-corrected chi connectivity index (χ0v) is 17.2. The number of nitrogens with zero attached hydrogens (tertiary/aromatic N) is 5. The number of carbonyl (C=O) groups is 2. The number of nitrogens with one attached hydrogen (secondary N) is 2. The van der Waals surface area contributed by atoms with Crippen LogP contribution in [0.5, 0.6) is 0 Å². The van der Waals surface area contributed by atoms with E-state index < -0.39 is 28.4 Å². The van der Waals surface area contributed by atoms with Crippen molar-refractivity contribution in [3.05, 3.63) is 29.8 Å². The van der Waals surface area contributed by atoms with Crippen molar-refractivity contribution < 1.29 is 18.0 Å². The molecule has 0 radical (unpaired) electrons. The second-order valence-corrected chi connectivity index (χ2v) is 8.96. The van der Waals surface area contributed by atoms with Gasteiger partial charge in [0.05, 0.1) is 11.4 Å². The van der Waals surface area contributed by atoms with E-state index in [4.69, 9.17) is 0 Å². The molecule has 0 spiro atoms. The molecule has 0 saturated heterocycles. The Bertz CT molecular complexity index is 928. The summed E-state index contributed by atoms with van der Waals surface area (Å²) < 4.78 is 27.3. The van der Waals surface area contributed by atoms with Crippen molar-refractivity contribution in [1.82, 2.24) is 35.4 Å². The second-order valence-electron chi connectivity index (χ2n) is 5.85. The Morgan fingerprint density at radius 2 is 1.82 bits per heavy atom. The summed E-state index contributed by atoms with van der Waals surface area (Å²) in [7, 11) is -0.819. The topological polar surface area (TPSA) is 139 Å². The zero-order chi connectivity index (χ0) is 20.7. The number of likely N-dealkylation sites (N-methyl/N-ethyl adjacent to an activating group) is 1. The predicted molar refractivity (Wildman–Crippen MR) is 101 cm³/mol. The monoisotopic (exact) mass is 427 g/mol. The van der Waals surface area contributed by atoms with Gasteiger partial charge >= 0.3 is 0 Å². The molecule has 2 rings (SSSR count). The summed E-state index contributed by atoms with van der Waals surface area (Å²) in [5, 5.41) is 11.5. The van der Waals surface area contributed by atoms with Gasteiger partial charge in [-0.05, 0) is 29.5 Å². The molecule has 11 nitrogen and oxygen atoms in total. The van der Waals surface area contributed by atoms with E-state index in [-0.39, 0.29) is 11.3 Å². The van der Waals surface area contributed by atoms with E-state index in [9.17, 15) is 18.0 Å². The number of hydrazine groups is 1. The van der Waals surface area contributed by atoms with Crippen LogP contribution in [0.3, 0.4) is 0 Å². The standard InChI is InChI=1S/C15H21N7O4S2/c1-11-4-6-12(7-5-11)28(25,26)21(2)10-14(24)17-16-13(23)8-9-27-15-18-19-20-22(15)3/h4-7H,8-10H2,1-3H3,(H,16,23)(H,17,24). The van der Waals surface area contributed by atoms with E-state index in [1.165, 1.54) is 35.6 Å². The minimum Gasteiger partial charge on any atom is -0.273 e. The van der Waals surface area contributed by atoms with Gasteiger partial charge in [-0.1, -0.05) is 29.5 Å². The smallest absolute Gasteiger partial charge is 0.253 e. The van der Waals surface area contributed by atoms with Gasteiger partial charge in [0.2, 0.25) is 21.1 Å². The van der Waals surface area contributed by atoms with Crippen LogP contribution < -0.4 is 10.9 Å². The summed E-state index contributed by atoms with van der Waals surface area (Å²) in [5.41, 5.74) is 5.38. The lowest BCUT2D eigenvalue weighted by molar-refractivity contribution is -0.128. The van der Waals surface area contributed by atoms with Gasteiger partial charge in [-0.2, -0.15) is 4.31 Å². The molecule has 2 amide bonds. The van der Waals surface area contributed by atoms with E-state index in [1.807, 2.05) is 6.92 Å². The highest BCUT2D eigenvalue weighted by molar-refractivity contribution is 7.99. The summed E-state index contributed by atoms with van der Waals surface area (Å²) in [4.78, 5) is 23.8. The molecule has 2 aromatic rings. The number of hydrogen-bond donors (Lipinski definition) is 2. The molecule has 0 aliphatic rings. The van der Waals surface area contributed by atoms with Crippen molar-refractivity contribution in [3.8, 4) is 0 Å². The van der Waals surface area contributed by atoms with E-state index in [2.05, 4.69) is 26.4 Å². The molecule has 0 fully saturated rings. The first-order valence-electron chi connectivity index (χ1n) is 8.16. The molecule has 0 aliphatic heterocycles. The number of benzene rings is 1. The summed E-state index contributed by atoms with van der Waals surface area (Å²) in [6.07, 6.45) is 0.120. The Labute approximate surface area is 166 Å². The van der Waals surface area contributed by atoms with Gasteiger partial charge in [-0.25, -0.2) is 13.1 Å². The molecular formula is C15H21N7O4S2. The summed E-state index contributed by atoms with van der Waals surface area (Å²) in [6, 6.07) is 6.31. The Hall–Kier alpha value is -2.51. The number of rotatable bonds is 8. The number of amides is 2. The maximum atomic E-state index is 12.4. The van der Waals surface area contributed by atoms with Gasteiger partial charge < -0.3 is 0 Å². The highest BCUT2D eigenvalue weighted by Crippen LogP contribution is 2.15. The number of tetrazole rings is 1. The maximum absolute atomic E-state index is 12.4. The number of sulfonamides is 1. The molecule has 1 heterocycles. The predicted octanol–water partition coefficient (Wildman–Crippen LogP) is -0.531. The van der Waals surface area contributed by atoms with Crippen LogP contribution in [0.1, 0.15) is 12.0 Å². The van der Waals surface area contributed by atoms with Gasteiger partial charge in [0, 0.05) is 26.3 Å². The van der Waals surface area contributed by atoms with Gasteiger partial charge in [0.15, 0.2) is 0 Å². The molecule has 1 aromatic heterocycles. The van der Waals surface area contributed by atoms with Crippen LogP contribution >= 0.6 is 11.8 Å². The average Bonchev–Trinajstić information content (AvgIpc) is 3.05. The number of carbonyl (C=O) groups excluding carboxylic acids is 2. The van der Waals surface area contributed by atoms with Crippen LogP contribution in [0.25, 0.3) is 0 Å². The van der Waals surface area contributed by atoms with Gasteiger partial charge in [0.1, 0.15) is 0 Å². The van der Waals surface area contributed by atoms with Crippen molar-refractivity contribution in [2.75, 3.05) is 19.3 Å². The van der Waals surface area contributed by atoms with E-state index in [0.717, 1.165) is 9.87 Å². The molecule has 0 saturated carbocycles. The number of aryl methyl sites for hydroxylation is 2. The van der Waals surface area contributed by atoms with Crippen LogP contribution in [0.2, 0.25) is 0 Å². The lowest BCUT2D eigenvalue weighted by Gasteiger charge is -2.17. The fourth-order valence-corrected chi connectivity index (χ4v) is 3.91. The third-order valence-electron chi connectivity index (χ3n) is 3.58. The number of aromatic nitrogens is 4. The first-order chi connectivity index (χ1) is 13.2. The summed E-state index contributed by atoms with van der Waals surface area (Å²) in [5.74, 6) is -0.658. The first-order valence-corrected chi connectivity index (χ1v) is 10.6. The highest BCUT2D eigenvalue weighted by atomic mass is 32.2. The van der Waals surface area contributed by atoms with Crippen molar-refractivity contribution in [3.63, 3.8) is 0 Å². The molecule has 0 aliphatic carbocycles. The lowest BCUT2D eigenvalue weighted by atomic mass is 10.2. The van der Waals surface area contributed by atoms with Crippen LogP contribution in [-0.4, -0.2) is 64.1 Å². The molecule has 0 bridgehead atoms. The molecule has 0 unspecified atom stereocenters. The molecular weight excluding hydrogens is 406 g/mol. The molecule has 1 aromatic carbocycles. The van der Waals surface area contributed by atoms with Crippen molar-refractivity contribution >= 4 is 33.6 Å². The SMILES string of the molecule is Cc1ccc(S(=O)(=O)N(C)CC(=O)NNC(=O)CCSc2nnnn2C)cc1. The van der Waals surface area contributed by atoms with Crippen LogP contribution in [0.15, 0.2) is 34.3 Å². The van der Waals surface area contributed by atoms with E-state index >= 15 is 0 Å². The second kappa shape index (κ2) is 9.61. The van der Waals surface area contributed by atoms with Gasteiger partial charge in [-0.3, -0.25) is 20.4 Å². The Morgan fingerprint density at radius 1 is 1.18 bits per heavy atom. The zero-order valence-electron chi connectivity index (χ0n) is 15.6. The molecule has 13 heteroatoms. The number of thioether (sulfide) groups is 1. The van der Waals surface area contributed by atoms with Crippen molar-refractivity contribution in [2.24, 2.45) is 7.05 Å².